The molecule has 0 aliphatic carbocycles. The largest absolute Gasteiger partial charge is 0.375 e. The third-order valence-corrected chi connectivity index (χ3v) is 2.29. The normalized spacial score (nSPS) is 10.8. The van der Waals surface area contributed by atoms with Crippen LogP contribution in [-0.4, -0.2) is 11.3 Å². The molecule has 3 N–H and O–H groups in total. The van der Waals surface area contributed by atoms with E-state index in [1.54, 1.807) is 6.21 Å². The Kier molecular flexibility index (Phi) is 3.12. The molecule has 80 valence electrons. The van der Waals surface area contributed by atoms with Crippen molar-refractivity contribution in [2.24, 2.45) is 10.8 Å². The second-order valence-electron chi connectivity index (χ2n) is 3.30. The lowest BCUT2D eigenvalue weighted by molar-refractivity contribution is 1.04. The minimum atomic E-state index is 0.163. The van der Waals surface area contributed by atoms with Gasteiger partial charge in [-0.05, 0) is 23.0 Å². The summed E-state index contributed by atoms with van der Waals surface area (Å²) in [6, 6.07) is 14.2. The minimum absolute atomic E-state index is 0.163. The van der Waals surface area contributed by atoms with Crippen LogP contribution in [0.2, 0.25) is 0 Å². The van der Waals surface area contributed by atoms with Crippen molar-refractivity contribution in [3.63, 3.8) is 0 Å². The van der Waals surface area contributed by atoms with Gasteiger partial charge in [-0.1, -0.05) is 42.5 Å². The molecular formula is C12H11N3S. The molecule has 2 aromatic carbocycles. The molecule has 0 heterocycles. The first-order valence-electron chi connectivity index (χ1n) is 4.83. The maximum Gasteiger partial charge on any atom is 0.184 e. The van der Waals surface area contributed by atoms with Crippen LogP contribution in [0.3, 0.4) is 0 Å². The van der Waals surface area contributed by atoms with Crippen LogP contribution in [0.4, 0.5) is 0 Å². The van der Waals surface area contributed by atoms with E-state index in [4.69, 9.17) is 5.73 Å². The summed E-state index contributed by atoms with van der Waals surface area (Å²) in [4.78, 5) is 0. The van der Waals surface area contributed by atoms with Crippen molar-refractivity contribution >= 4 is 34.3 Å². The molecule has 0 unspecified atom stereocenters. The highest BCUT2D eigenvalue weighted by Gasteiger charge is 1.96. The maximum atomic E-state index is 5.28. The maximum absolute atomic E-state index is 5.28. The van der Waals surface area contributed by atoms with E-state index < -0.39 is 0 Å². The molecule has 0 aliphatic heterocycles. The predicted octanol–water partition coefficient (Wildman–Crippen LogP) is 2.01. The Balaban J connectivity index is 2.37. The number of nitrogens with zero attached hydrogens (tertiary/aromatic N) is 1. The summed E-state index contributed by atoms with van der Waals surface area (Å²) in [5, 5.41) is 6.45. The van der Waals surface area contributed by atoms with E-state index in [0.29, 0.717) is 0 Å². The topological polar surface area (TPSA) is 50.4 Å². The molecule has 0 radical (unpaired) electrons. The van der Waals surface area contributed by atoms with Crippen molar-refractivity contribution in [3.05, 3.63) is 48.0 Å². The van der Waals surface area contributed by atoms with Gasteiger partial charge in [-0.25, -0.2) is 0 Å². The van der Waals surface area contributed by atoms with Gasteiger partial charge in [-0.2, -0.15) is 5.10 Å². The highest BCUT2D eigenvalue weighted by atomic mass is 32.1. The van der Waals surface area contributed by atoms with Crippen LogP contribution in [0.1, 0.15) is 5.56 Å². The highest BCUT2D eigenvalue weighted by molar-refractivity contribution is 7.80. The lowest BCUT2D eigenvalue weighted by Gasteiger charge is -2.01. The number of benzene rings is 2. The average Bonchev–Trinajstić information content (AvgIpc) is 2.29. The zero-order chi connectivity index (χ0) is 11.4. The monoisotopic (exact) mass is 229 g/mol. The van der Waals surface area contributed by atoms with Gasteiger partial charge in [0.25, 0.3) is 0 Å². The van der Waals surface area contributed by atoms with E-state index in [2.05, 4.69) is 40.9 Å². The van der Waals surface area contributed by atoms with Crippen LogP contribution < -0.4 is 11.2 Å². The first-order chi connectivity index (χ1) is 7.77. The number of nitrogens with two attached hydrogens (primary N) is 1. The molecule has 4 heteroatoms. The molecule has 0 bridgehead atoms. The van der Waals surface area contributed by atoms with Crippen molar-refractivity contribution in [3.8, 4) is 0 Å². The Morgan fingerprint density at radius 1 is 1.19 bits per heavy atom. The first-order valence-corrected chi connectivity index (χ1v) is 5.24. The zero-order valence-electron chi connectivity index (χ0n) is 8.55. The average molecular weight is 229 g/mol. The number of thiocarbonyl (C=S) groups is 1. The molecule has 0 aromatic heterocycles. The van der Waals surface area contributed by atoms with Crippen molar-refractivity contribution in [1.29, 1.82) is 0 Å². The van der Waals surface area contributed by atoms with Gasteiger partial charge in [0, 0.05) is 5.56 Å². The van der Waals surface area contributed by atoms with Gasteiger partial charge in [0.15, 0.2) is 5.11 Å². The molecule has 0 saturated carbocycles. The van der Waals surface area contributed by atoms with Crippen molar-refractivity contribution in [2.45, 2.75) is 0 Å². The molecular weight excluding hydrogens is 218 g/mol. The van der Waals surface area contributed by atoms with Gasteiger partial charge >= 0.3 is 0 Å². The Morgan fingerprint density at radius 3 is 2.75 bits per heavy atom. The lowest BCUT2D eigenvalue weighted by atomic mass is 10.1. The van der Waals surface area contributed by atoms with Crippen LogP contribution in [0.5, 0.6) is 0 Å². The summed E-state index contributed by atoms with van der Waals surface area (Å²) in [5.74, 6) is 0. The second kappa shape index (κ2) is 4.72. The van der Waals surface area contributed by atoms with Gasteiger partial charge in [-0.3, -0.25) is 5.43 Å². The number of hydrogen-bond donors (Lipinski definition) is 2. The number of fused-ring (bicyclic) bond motifs is 1. The van der Waals surface area contributed by atoms with Crippen molar-refractivity contribution in [1.82, 2.24) is 5.43 Å². The van der Waals surface area contributed by atoms with E-state index in [1.807, 2.05) is 24.3 Å². The van der Waals surface area contributed by atoms with Crippen LogP contribution in [0, 0.1) is 0 Å². The molecule has 0 aliphatic rings. The van der Waals surface area contributed by atoms with E-state index in [0.717, 1.165) is 10.9 Å². The Bertz CT molecular complexity index is 543. The number of nitrogens with one attached hydrogen (secondary N) is 1. The smallest absolute Gasteiger partial charge is 0.184 e. The number of hydrogen-bond acceptors (Lipinski definition) is 2. The molecule has 3 nitrogen and oxygen atoms in total. The molecule has 0 atom stereocenters. The molecule has 2 rings (SSSR count). The molecule has 0 saturated heterocycles. The van der Waals surface area contributed by atoms with E-state index in [-0.39, 0.29) is 5.11 Å². The Labute approximate surface area is 99.0 Å². The summed E-state index contributed by atoms with van der Waals surface area (Å²) in [6.07, 6.45) is 1.71. The standard InChI is InChI=1S/C12H11N3S/c13-12(16)15-14-8-10-6-3-5-9-4-1-2-7-11(9)10/h1-8H,(H3,13,15,16). The fourth-order valence-electron chi connectivity index (χ4n) is 1.53. The van der Waals surface area contributed by atoms with Gasteiger partial charge < -0.3 is 5.73 Å². The molecule has 16 heavy (non-hydrogen) atoms. The van der Waals surface area contributed by atoms with Crippen LogP contribution in [0.15, 0.2) is 47.6 Å². The first kappa shape index (κ1) is 10.6. The molecule has 0 spiro atoms. The van der Waals surface area contributed by atoms with Crippen molar-refractivity contribution < 1.29 is 0 Å². The predicted molar refractivity (Wildman–Crippen MR) is 71.5 cm³/mol. The van der Waals surface area contributed by atoms with Gasteiger partial charge in [-0.15, -0.1) is 0 Å². The second-order valence-corrected chi connectivity index (χ2v) is 3.74. The van der Waals surface area contributed by atoms with Crippen LogP contribution >= 0.6 is 12.2 Å². The summed E-state index contributed by atoms with van der Waals surface area (Å²) in [6.45, 7) is 0. The van der Waals surface area contributed by atoms with Crippen LogP contribution in [0.25, 0.3) is 10.8 Å². The number of hydrazone groups is 1. The summed E-state index contributed by atoms with van der Waals surface area (Å²) in [7, 11) is 0. The van der Waals surface area contributed by atoms with Crippen molar-refractivity contribution in [2.75, 3.05) is 0 Å². The summed E-state index contributed by atoms with van der Waals surface area (Å²) < 4.78 is 0. The van der Waals surface area contributed by atoms with Gasteiger partial charge in [0.1, 0.15) is 0 Å². The molecule has 0 fully saturated rings. The third kappa shape index (κ3) is 2.35. The fraction of sp³-hybridized carbons (Fsp3) is 0. The zero-order valence-corrected chi connectivity index (χ0v) is 9.37. The number of rotatable bonds is 2. The fourth-order valence-corrected chi connectivity index (χ4v) is 1.58. The lowest BCUT2D eigenvalue weighted by Crippen LogP contribution is -2.23. The summed E-state index contributed by atoms with van der Waals surface area (Å²) >= 11 is 4.66. The minimum Gasteiger partial charge on any atom is -0.375 e. The highest BCUT2D eigenvalue weighted by Crippen LogP contribution is 2.16. The Hall–Kier alpha value is -1.94. The van der Waals surface area contributed by atoms with Gasteiger partial charge in [0.05, 0.1) is 6.21 Å². The third-order valence-electron chi connectivity index (χ3n) is 2.20. The van der Waals surface area contributed by atoms with E-state index in [1.165, 1.54) is 5.39 Å². The Morgan fingerprint density at radius 2 is 1.94 bits per heavy atom. The van der Waals surface area contributed by atoms with E-state index in [9.17, 15) is 0 Å². The SMILES string of the molecule is NC(=S)NN=Cc1cccc2ccccc12. The van der Waals surface area contributed by atoms with Crippen LogP contribution in [-0.2, 0) is 0 Å². The van der Waals surface area contributed by atoms with Gasteiger partial charge in [0.2, 0.25) is 0 Å². The van der Waals surface area contributed by atoms with E-state index >= 15 is 0 Å². The quantitative estimate of drug-likeness (QED) is 0.470. The molecule has 2 aromatic rings. The summed E-state index contributed by atoms with van der Waals surface area (Å²) in [5.41, 5.74) is 8.84. The molecule has 0 amide bonds.